The van der Waals surface area contributed by atoms with E-state index in [9.17, 15) is 9.59 Å². The summed E-state index contributed by atoms with van der Waals surface area (Å²) < 4.78 is 5.09. The molecule has 1 aliphatic heterocycles. The van der Waals surface area contributed by atoms with Crippen LogP contribution in [0.25, 0.3) is 0 Å². The minimum Gasteiger partial charge on any atom is -0.479 e. The van der Waals surface area contributed by atoms with Gasteiger partial charge in [-0.1, -0.05) is 19.1 Å². The number of carbonyl (C=O) groups is 2. The lowest BCUT2D eigenvalue weighted by Crippen LogP contribution is -2.49. The molecule has 1 fully saturated rings. The molecule has 2 rings (SSSR count). The highest BCUT2D eigenvalue weighted by molar-refractivity contribution is 5.90. The van der Waals surface area contributed by atoms with Crippen LogP contribution in [0, 0.1) is 0 Å². The summed E-state index contributed by atoms with van der Waals surface area (Å²) in [4.78, 5) is 24.4. The first-order valence-electron chi connectivity index (χ1n) is 6.59. The van der Waals surface area contributed by atoms with Crippen molar-refractivity contribution in [1.29, 1.82) is 0 Å². The molecule has 0 aliphatic carbocycles. The van der Waals surface area contributed by atoms with E-state index >= 15 is 0 Å². The van der Waals surface area contributed by atoms with Gasteiger partial charge in [0.05, 0.1) is 13.2 Å². The molecule has 0 bridgehead atoms. The lowest BCUT2D eigenvalue weighted by atomic mass is 10.1. The smallest absolute Gasteiger partial charge is 0.334 e. The number of carbonyl (C=O) groups excluding carboxylic acids is 1. The Hall–Kier alpha value is -2.08. The van der Waals surface area contributed by atoms with Crippen molar-refractivity contribution in [2.45, 2.75) is 19.4 Å². The minimum atomic E-state index is -1.05. The number of carboxylic acid groups (broad SMARTS) is 1. The molecule has 0 radical (unpaired) electrons. The first kappa shape index (κ1) is 14.3. The maximum Gasteiger partial charge on any atom is 0.334 e. The number of anilines is 1. The van der Waals surface area contributed by atoms with Crippen molar-refractivity contribution in [3.8, 4) is 0 Å². The fourth-order valence-corrected chi connectivity index (χ4v) is 2.05. The summed E-state index contributed by atoms with van der Waals surface area (Å²) >= 11 is 0. The Bertz CT molecular complexity index is 504. The lowest BCUT2D eigenvalue weighted by Gasteiger charge is -2.30. The Balaban J connectivity index is 1.98. The number of aliphatic carboxylic acids is 1. The third kappa shape index (κ3) is 3.48. The van der Waals surface area contributed by atoms with Gasteiger partial charge in [-0.3, -0.25) is 0 Å². The Morgan fingerprint density at radius 3 is 3.00 bits per heavy atom. The van der Waals surface area contributed by atoms with Crippen molar-refractivity contribution in [1.82, 2.24) is 4.90 Å². The summed E-state index contributed by atoms with van der Waals surface area (Å²) in [5.74, 6) is -1.05. The fourth-order valence-electron chi connectivity index (χ4n) is 2.05. The average Bonchev–Trinajstić information content (AvgIpc) is 2.47. The molecule has 2 N–H and O–H groups in total. The van der Waals surface area contributed by atoms with Crippen LogP contribution in [0.1, 0.15) is 12.5 Å². The van der Waals surface area contributed by atoms with Gasteiger partial charge in [-0.15, -0.1) is 0 Å². The van der Waals surface area contributed by atoms with Crippen LogP contribution < -0.4 is 5.32 Å². The van der Waals surface area contributed by atoms with Crippen LogP contribution in [-0.4, -0.2) is 47.8 Å². The molecular weight excluding hydrogens is 260 g/mol. The second-order valence-corrected chi connectivity index (χ2v) is 4.63. The molecule has 1 aromatic carbocycles. The van der Waals surface area contributed by atoms with Crippen LogP contribution in [0.3, 0.4) is 0 Å². The molecule has 1 aromatic rings. The lowest BCUT2D eigenvalue weighted by molar-refractivity contribution is -0.154. The number of hydrogen-bond donors (Lipinski definition) is 2. The van der Waals surface area contributed by atoms with Gasteiger partial charge in [-0.25, -0.2) is 9.59 Å². The second kappa shape index (κ2) is 6.38. The van der Waals surface area contributed by atoms with Gasteiger partial charge < -0.3 is 20.1 Å². The third-order valence-electron chi connectivity index (χ3n) is 3.22. The number of amides is 2. The summed E-state index contributed by atoms with van der Waals surface area (Å²) in [5, 5.41) is 11.7. The van der Waals surface area contributed by atoms with Crippen molar-refractivity contribution in [3.63, 3.8) is 0 Å². The summed E-state index contributed by atoms with van der Waals surface area (Å²) in [7, 11) is 0. The van der Waals surface area contributed by atoms with Gasteiger partial charge in [0, 0.05) is 12.2 Å². The predicted molar refractivity (Wildman–Crippen MR) is 73.8 cm³/mol. The zero-order chi connectivity index (χ0) is 14.5. The van der Waals surface area contributed by atoms with E-state index in [0.29, 0.717) is 12.2 Å². The topological polar surface area (TPSA) is 78.9 Å². The maximum atomic E-state index is 12.1. The van der Waals surface area contributed by atoms with Crippen LogP contribution in [0.15, 0.2) is 24.3 Å². The van der Waals surface area contributed by atoms with Crippen LogP contribution in [0.2, 0.25) is 0 Å². The van der Waals surface area contributed by atoms with E-state index in [1.165, 1.54) is 4.90 Å². The molecule has 1 saturated heterocycles. The number of benzene rings is 1. The quantitative estimate of drug-likeness (QED) is 0.879. The van der Waals surface area contributed by atoms with E-state index in [0.717, 1.165) is 12.0 Å². The Morgan fingerprint density at radius 1 is 1.50 bits per heavy atom. The summed E-state index contributed by atoms with van der Waals surface area (Å²) in [6.07, 6.45) is -0.0565. The highest BCUT2D eigenvalue weighted by atomic mass is 16.5. The van der Waals surface area contributed by atoms with Crippen molar-refractivity contribution in [3.05, 3.63) is 29.8 Å². The maximum absolute atomic E-state index is 12.1. The fraction of sp³-hybridized carbons (Fsp3) is 0.429. The van der Waals surface area contributed by atoms with E-state index in [-0.39, 0.29) is 19.2 Å². The summed E-state index contributed by atoms with van der Waals surface area (Å²) in [5.41, 5.74) is 1.85. The van der Waals surface area contributed by atoms with E-state index in [4.69, 9.17) is 9.84 Å². The molecule has 6 nitrogen and oxygen atoms in total. The molecule has 0 aromatic heterocycles. The standard InChI is InChI=1S/C14H18N2O4/c1-2-10-4-3-5-11(8-10)15-14(19)16-6-7-20-12(9-16)13(17)18/h3-5,8,12H,2,6-7,9H2,1H3,(H,15,19)(H,17,18). The normalized spacial score (nSPS) is 18.6. The molecule has 6 heteroatoms. The number of rotatable bonds is 3. The number of carboxylic acids is 1. The van der Waals surface area contributed by atoms with Crippen LogP contribution in [0.5, 0.6) is 0 Å². The zero-order valence-electron chi connectivity index (χ0n) is 11.3. The molecule has 2 amide bonds. The molecule has 1 atom stereocenters. The highest BCUT2D eigenvalue weighted by Gasteiger charge is 2.28. The summed E-state index contributed by atoms with van der Waals surface area (Å²) in [6, 6.07) is 7.30. The Kier molecular flexibility index (Phi) is 4.57. The van der Waals surface area contributed by atoms with Gasteiger partial charge in [0.15, 0.2) is 6.10 Å². The van der Waals surface area contributed by atoms with E-state index < -0.39 is 12.1 Å². The number of aryl methyl sites for hydroxylation is 1. The zero-order valence-corrected chi connectivity index (χ0v) is 11.3. The van der Waals surface area contributed by atoms with Gasteiger partial charge in [0.1, 0.15) is 0 Å². The number of nitrogens with one attached hydrogen (secondary N) is 1. The van der Waals surface area contributed by atoms with Crippen LogP contribution in [0.4, 0.5) is 10.5 Å². The number of ether oxygens (including phenoxy) is 1. The first-order valence-corrected chi connectivity index (χ1v) is 6.59. The average molecular weight is 278 g/mol. The van der Waals surface area contributed by atoms with Crippen molar-refractivity contribution < 1.29 is 19.4 Å². The summed E-state index contributed by atoms with van der Waals surface area (Å²) in [6.45, 7) is 2.73. The van der Waals surface area contributed by atoms with Crippen LogP contribution >= 0.6 is 0 Å². The second-order valence-electron chi connectivity index (χ2n) is 4.63. The molecule has 0 spiro atoms. The highest BCUT2D eigenvalue weighted by Crippen LogP contribution is 2.13. The number of morpholine rings is 1. The van der Waals surface area contributed by atoms with Gasteiger partial charge in [0.25, 0.3) is 0 Å². The van der Waals surface area contributed by atoms with Gasteiger partial charge in [-0.05, 0) is 24.1 Å². The van der Waals surface area contributed by atoms with Crippen molar-refractivity contribution >= 4 is 17.7 Å². The molecule has 0 saturated carbocycles. The monoisotopic (exact) mass is 278 g/mol. The van der Waals surface area contributed by atoms with Crippen molar-refractivity contribution in [2.75, 3.05) is 25.0 Å². The number of nitrogens with zero attached hydrogens (tertiary/aromatic N) is 1. The van der Waals surface area contributed by atoms with Crippen molar-refractivity contribution in [2.24, 2.45) is 0 Å². The molecule has 1 aliphatic rings. The Morgan fingerprint density at radius 2 is 2.30 bits per heavy atom. The predicted octanol–water partition coefficient (Wildman–Crippen LogP) is 1.57. The first-order chi connectivity index (χ1) is 9.60. The van der Waals surface area contributed by atoms with Crippen LogP contribution in [-0.2, 0) is 16.0 Å². The molecule has 1 unspecified atom stereocenters. The SMILES string of the molecule is CCc1cccc(NC(=O)N2CCOC(C(=O)O)C2)c1. The molecule has 20 heavy (non-hydrogen) atoms. The van der Waals surface area contributed by atoms with E-state index in [1.54, 1.807) is 0 Å². The van der Waals surface area contributed by atoms with Gasteiger partial charge in [-0.2, -0.15) is 0 Å². The largest absolute Gasteiger partial charge is 0.479 e. The molecule has 1 heterocycles. The van der Waals surface area contributed by atoms with Gasteiger partial charge >= 0.3 is 12.0 Å². The van der Waals surface area contributed by atoms with E-state index in [1.807, 2.05) is 31.2 Å². The Labute approximate surface area is 117 Å². The third-order valence-corrected chi connectivity index (χ3v) is 3.22. The minimum absolute atomic E-state index is 0.0641. The molecular formula is C14H18N2O4. The van der Waals surface area contributed by atoms with Gasteiger partial charge in [0.2, 0.25) is 0 Å². The number of urea groups is 1. The van der Waals surface area contributed by atoms with E-state index in [2.05, 4.69) is 5.32 Å². The number of hydrogen-bond acceptors (Lipinski definition) is 3. The molecule has 108 valence electrons.